The van der Waals surface area contributed by atoms with Gasteiger partial charge in [-0.15, -0.1) is 0 Å². The second-order valence-corrected chi connectivity index (χ2v) is 5.57. The van der Waals surface area contributed by atoms with E-state index in [2.05, 4.69) is 15.9 Å². The fourth-order valence-electron chi connectivity index (χ4n) is 1.85. The van der Waals surface area contributed by atoms with Crippen molar-refractivity contribution in [1.29, 1.82) is 0 Å². The Kier molecular flexibility index (Phi) is 5.40. The van der Waals surface area contributed by atoms with E-state index in [1.165, 1.54) is 12.1 Å². The van der Waals surface area contributed by atoms with Gasteiger partial charge in [0.15, 0.2) is 0 Å². The molecular weight excluding hydrogens is 345 g/mol. The Balaban J connectivity index is 2.15. The zero-order valence-electron chi connectivity index (χ0n) is 10.7. The molecule has 0 aliphatic rings. The largest absolute Gasteiger partial charge is 0.487 e. The summed E-state index contributed by atoms with van der Waals surface area (Å²) < 4.78 is 20.0. The molecule has 20 heavy (non-hydrogen) atoms. The maximum Gasteiger partial charge on any atom is 0.142 e. The molecule has 0 aliphatic heterocycles. The Hall–Kier alpha value is -1.10. The van der Waals surface area contributed by atoms with Gasteiger partial charge in [-0.3, -0.25) is 0 Å². The van der Waals surface area contributed by atoms with Gasteiger partial charge in [-0.05, 0) is 58.2 Å². The Bertz CT molecular complexity index is 606. The highest BCUT2D eigenvalue weighted by atomic mass is 79.9. The maximum absolute atomic E-state index is 13.4. The highest BCUT2D eigenvalue weighted by Gasteiger charge is 2.08. The van der Waals surface area contributed by atoms with E-state index in [4.69, 9.17) is 22.1 Å². The molecule has 0 unspecified atom stereocenters. The molecule has 2 rings (SSSR count). The average Bonchev–Trinajstić information content (AvgIpc) is 2.42. The first-order valence-corrected chi connectivity index (χ1v) is 7.33. The Morgan fingerprint density at radius 3 is 2.75 bits per heavy atom. The van der Waals surface area contributed by atoms with Crippen LogP contribution in [0.1, 0.15) is 11.1 Å². The molecule has 2 aromatic carbocycles. The van der Waals surface area contributed by atoms with Gasteiger partial charge in [0.25, 0.3) is 0 Å². The van der Waals surface area contributed by atoms with Gasteiger partial charge in [0.1, 0.15) is 18.2 Å². The quantitative estimate of drug-likeness (QED) is 0.864. The van der Waals surface area contributed by atoms with Gasteiger partial charge in [0.2, 0.25) is 0 Å². The summed E-state index contributed by atoms with van der Waals surface area (Å²) in [6, 6.07) is 10.4. The first-order chi connectivity index (χ1) is 9.61. The lowest BCUT2D eigenvalue weighted by Crippen LogP contribution is -2.06. The van der Waals surface area contributed by atoms with Gasteiger partial charge in [0, 0.05) is 0 Å². The van der Waals surface area contributed by atoms with Crippen molar-refractivity contribution in [2.75, 3.05) is 6.54 Å². The van der Waals surface area contributed by atoms with Gasteiger partial charge < -0.3 is 10.5 Å². The fourth-order valence-corrected chi connectivity index (χ4v) is 2.49. The van der Waals surface area contributed by atoms with Crippen LogP contribution in [0.4, 0.5) is 4.39 Å². The summed E-state index contributed by atoms with van der Waals surface area (Å²) in [5.74, 6) is 0.301. The molecular formula is C15H14BrClFNO. The van der Waals surface area contributed by atoms with Crippen LogP contribution >= 0.6 is 27.5 Å². The Morgan fingerprint density at radius 2 is 2.05 bits per heavy atom. The monoisotopic (exact) mass is 357 g/mol. The minimum atomic E-state index is -0.443. The number of ether oxygens (including phenoxy) is 1. The van der Waals surface area contributed by atoms with Gasteiger partial charge >= 0.3 is 0 Å². The predicted molar refractivity (Wildman–Crippen MR) is 82.6 cm³/mol. The highest BCUT2D eigenvalue weighted by molar-refractivity contribution is 9.10. The molecule has 0 aromatic heterocycles. The van der Waals surface area contributed by atoms with Crippen LogP contribution in [0.5, 0.6) is 5.75 Å². The smallest absolute Gasteiger partial charge is 0.142 e. The molecule has 2 N–H and O–H groups in total. The van der Waals surface area contributed by atoms with Crippen molar-refractivity contribution in [2.24, 2.45) is 5.73 Å². The first kappa shape index (κ1) is 15.3. The van der Waals surface area contributed by atoms with Crippen LogP contribution in [0.15, 0.2) is 40.9 Å². The normalized spacial score (nSPS) is 10.6. The number of benzene rings is 2. The van der Waals surface area contributed by atoms with Crippen molar-refractivity contribution >= 4 is 27.5 Å². The second kappa shape index (κ2) is 7.07. The zero-order valence-corrected chi connectivity index (χ0v) is 13.0. The molecule has 0 atom stereocenters. The topological polar surface area (TPSA) is 35.2 Å². The van der Waals surface area contributed by atoms with Crippen molar-refractivity contribution < 1.29 is 9.13 Å². The predicted octanol–water partition coefficient (Wildman–Crippen LogP) is 4.32. The molecule has 5 heteroatoms. The third-order valence-electron chi connectivity index (χ3n) is 2.83. The summed E-state index contributed by atoms with van der Waals surface area (Å²) in [5, 5.41) is 0.110. The van der Waals surface area contributed by atoms with Crippen LogP contribution in [0, 0.1) is 5.82 Å². The lowest BCUT2D eigenvalue weighted by molar-refractivity contribution is 0.300. The lowest BCUT2D eigenvalue weighted by atomic mass is 10.1. The van der Waals surface area contributed by atoms with E-state index in [0.29, 0.717) is 6.54 Å². The molecule has 0 aliphatic carbocycles. The number of para-hydroxylation sites is 1. The van der Waals surface area contributed by atoms with Crippen LogP contribution in [0.3, 0.4) is 0 Å². The van der Waals surface area contributed by atoms with Crippen molar-refractivity contribution in [3.63, 3.8) is 0 Å². The molecule has 0 radical (unpaired) electrons. The zero-order chi connectivity index (χ0) is 14.5. The summed E-state index contributed by atoms with van der Waals surface area (Å²) in [6.07, 6.45) is 0.726. The standard InChI is InChI=1S/C15H14BrClFNO/c16-12-3-1-2-11(6-7-19)15(12)20-9-10-4-5-13(17)14(18)8-10/h1-5,8H,6-7,9,19H2. The molecule has 0 amide bonds. The molecule has 0 bridgehead atoms. The van der Waals surface area contributed by atoms with Crippen LogP contribution in [0.2, 0.25) is 5.02 Å². The molecule has 2 nitrogen and oxygen atoms in total. The third-order valence-corrected chi connectivity index (χ3v) is 3.76. The SMILES string of the molecule is NCCc1cccc(Br)c1OCc1ccc(Cl)c(F)c1. The molecule has 0 heterocycles. The van der Waals surface area contributed by atoms with Crippen molar-refractivity contribution in [1.82, 2.24) is 0 Å². The van der Waals surface area contributed by atoms with Crippen LogP contribution in [-0.4, -0.2) is 6.54 Å². The molecule has 0 saturated carbocycles. The number of hydrogen-bond acceptors (Lipinski definition) is 2. The second-order valence-electron chi connectivity index (χ2n) is 4.30. The van der Waals surface area contributed by atoms with E-state index >= 15 is 0 Å². The minimum Gasteiger partial charge on any atom is -0.487 e. The highest BCUT2D eigenvalue weighted by Crippen LogP contribution is 2.30. The average molecular weight is 359 g/mol. The first-order valence-electron chi connectivity index (χ1n) is 6.16. The van der Waals surface area contributed by atoms with Gasteiger partial charge in [-0.1, -0.05) is 29.8 Å². The lowest BCUT2D eigenvalue weighted by Gasteiger charge is -2.13. The van der Waals surface area contributed by atoms with Crippen LogP contribution in [-0.2, 0) is 13.0 Å². The molecule has 0 fully saturated rings. The summed E-state index contributed by atoms with van der Waals surface area (Å²) >= 11 is 9.11. The number of hydrogen-bond donors (Lipinski definition) is 1. The fraction of sp³-hybridized carbons (Fsp3) is 0.200. The van der Waals surface area contributed by atoms with Crippen molar-refractivity contribution in [3.8, 4) is 5.75 Å². The molecule has 106 valence electrons. The van der Waals surface area contributed by atoms with Gasteiger partial charge in [-0.25, -0.2) is 4.39 Å². The molecule has 0 spiro atoms. The van der Waals surface area contributed by atoms with Gasteiger partial charge in [-0.2, -0.15) is 0 Å². The Labute approximate surface area is 130 Å². The summed E-state index contributed by atoms with van der Waals surface area (Å²) in [5.41, 5.74) is 7.34. The molecule has 2 aromatic rings. The van der Waals surface area contributed by atoms with Crippen molar-refractivity contribution in [2.45, 2.75) is 13.0 Å². The van der Waals surface area contributed by atoms with E-state index in [1.807, 2.05) is 18.2 Å². The summed E-state index contributed by atoms with van der Waals surface area (Å²) in [7, 11) is 0. The third kappa shape index (κ3) is 3.72. The van der Waals surface area contributed by atoms with E-state index in [-0.39, 0.29) is 11.6 Å². The van der Waals surface area contributed by atoms with Gasteiger partial charge in [0.05, 0.1) is 9.50 Å². The molecule has 0 saturated heterocycles. The van der Waals surface area contributed by atoms with E-state index in [0.717, 1.165) is 27.8 Å². The van der Waals surface area contributed by atoms with Crippen molar-refractivity contribution in [3.05, 3.63) is 62.8 Å². The maximum atomic E-state index is 13.4. The van der Waals surface area contributed by atoms with E-state index in [1.54, 1.807) is 6.07 Å². The van der Waals surface area contributed by atoms with Crippen LogP contribution < -0.4 is 10.5 Å². The Morgan fingerprint density at radius 1 is 1.25 bits per heavy atom. The minimum absolute atomic E-state index is 0.110. The van der Waals surface area contributed by atoms with E-state index < -0.39 is 5.82 Å². The summed E-state index contributed by atoms with van der Waals surface area (Å²) in [6.45, 7) is 0.816. The number of halogens is 3. The van der Waals surface area contributed by atoms with Crippen LogP contribution in [0.25, 0.3) is 0 Å². The number of rotatable bonds is 5. The number of nitrogens with two attached hydrogens (primary N) is 1. The summed E-state index contributed by atoms with van der Waals surface area (Å²) in [4.78, 5) is 0. The van der Waals surface area contributed by atoms with E-state index in [9.17, 15) is 4.39 Å².